The smallest absolute Gasteiger partial charge is 0.322 e. The Bertz CT molecular complexity index is 215. The second-order valence-corrected chi connectivity index (χ2v) is 4.29. The summed E-state index contributed by atoms with van der Waals surface area (Å²) < 4.78 is 4.87. The number of carbonyl (C=O) groups excluding carboxylic acids is 1. The van der Waals surface area contributed by atoms with Gasteiger partial charge in [0, 0.05) is 32.7 Å². The third kappa shape index (κ3) is 4.47. The lowest BCUT2D eigenvalue weighted by Crippen LogP contribution is -2.46. The summed E-state index contributed by atoms with van der Waals surface area (Å²) in [6.07, 6.45) is 0.683. The summed E-state index contributed by atoms with van der Waals surface area (Å²) >= 11 is 0. The number of likely N-dealkylation sites (N-methyl/N-ethyl adjacent to an activating group) is 1. The molecule has 0 saturated carbocycles. The van der Waals surface area contributed by atoms with E-state index in [0.29, 0.717) is 13.0 Å². The van der Waals surface area contributed by atoms with Gasteiger partial charge in [-0.15, -0.1) is 0 Å². The van der Waals surface area contributed by atoms with Crippen molar-refractivity contribution in [1.82, 2.24) is 9.80 Å². The summed E-state index contributed by atoms with van der Waals surface area (Å²) in [5, 5.41) is 0. The number of nitrogens with zero attached hydrogens (tertiary/aromatic N) is 2. The fourth-order valence-corrected chi connectivity index (χ4v) is 1.76. The van der Waals surface area contributed by atoms with Gasteiger partial charge in [0.2, 0.25) is 0 Å². The van der Waals surface area contributed by atoms with Crippen LogP contribution in [0, 0.1) is 0 Å². The minimum Gasteiger partial charge on any atom is -0.465 e. The van der Waals surface area contributed by atoms with E-state index in [1.54, 1.807) is 6.92 Å². The van der Waals surface area contributed by atoms with Gasteiger partial charge in [-0.05, 0) is 20.4 Å². The zero-order chi connectivity index (χ0) is 12.0. The molecule has 1 heterocycles. The predicted molar refractivity (Wildman–Crippen MR) is 63.2 cm³/mol. The third-order valence-electron chi connectivity index (χ3n) is 2.94. The molecule has 2 N–H and O–H groups in total. The average Bonchev–Trinajstić information content (AvgIpc) is 2.28. The molecule has 1 fully saturated rings. The lowest BCUT2D eigenvalue weighted by molar-refractivity contribution is -0.144. The van der Waals surface area contributed by atoms with Crippen LogP contribution in [0.1, 0.15) is 13.3 Å². The monoisotopic (exact) mass is 229 g/mol. The molecule has 5 nitrogen and oxygen atoms in total. The van der Waals surface area contributed by atoms with Crippen molar-refractivity contribution in [2.24, 2.45) is 5.73 Å². The average molecular weight is 229 g/mol. The van der Waals surface area contributed by atoms with E-state index in [9.17, 15) is 4.79 Å². The van der Waals surface area contributed by atoms with E-state index in [-0.39, 0.29) is 5.97 Å². The van der Waals surface area contributed by atoms with Gasteiger partial charge in [-0.2, -0.15) is 0 Å². The van der Waals surface area contributed by atoms with Crippen molar-refractivity contribution >= 4 is 5.97 Å². The number of nitrogens with two attached hydrogens (primary N) is 1. The van der Waals surface area contributed by atoms with Crippen LogP contribution in [-0.4, -0.2) is 68.2 Å². The van der Waals surface area contributed by atoms with Gasteiger partial charge in [0.05, 0.1) is 6.61 Å². The fourth-order valence-electron chi connectivity index (χ4n) is 1.76. The van der Waals surface area contributed by atoms with Crippen molar-refractivity contribution in [2.45, 2.75) is 19.4 Å². The summed E-state index contributed by atoms with van der Waals surface area (Å²) in [6, 6.07) is -0.473. The number of hydrogen-bond acceptors (Lipinski definition) is 5. The molecule has 0 aromatic rings. The predicted octanol–water partition coefficient (Wildman–Crippen LogP) is -0.486. The molecular weight excluding hydrogens is 206 g/mol. The Balaban J connectivity index is 2.16. The van der Waals surface area contributed by atoms with E-state index >= 15 is 0 Å². The highest BCUT2D eigenvalue weighted by atomic mass is 16.5. The van der Waals surface area contributed by atoms with Gasteiger partial charge in [-0.1, -0.05) is 0 Å². The first kappa shape index (κ1) is 13.4. The summed E-state index contributed by atoms with van der Waals surface area (Å²) in [5.74, 6) is -0.281. The number of rotatable bonds is 5. The molecule has 1 unspecified atom stereocenters. The standard InChI is InChI=1S/C11H23N3O2/c1-3-16-11(15)10(12)4-5-14-8-6-13(2)7-9-14/h10H,3-9,12H2,1-2H3. The zero-order valence-electron chi connectivity index (χ0n) is 10.3. The molecule has 0 bridgehead atoms. The fraction of sp³-hybridized carbons (Fsp3) is 0.909. The third-order valence-corrected chi connectivity index (χ3v) is 2.94. The van der Waals surface area contributed by atoms with Crippen LogP contribution in [0.3, 0.4) is 0 Å². The van der Waals surface area contributed by atoms with Crippen molar-refractivity contribution < 1.29 is 9.53 Å². The molecular formula is C11H23N3O2. The highest BCUT2D eigenvalue weighted by Crippen LogP contribution is 2.02. The largest absolute Gasteiger partial charge is 0.465 e. The van der Waals surface area contributed by atoms with Gasteiger partial charge in [-0.25, -0.2) is 0 Å². The van der Waals surface area contributed by atoms with Crippen LogP contribution in [0.15, 0.2) is 0 Å². The second-order valence-electron chi connectivity index (χ2n) is 4.29. The molecule has 1 atom stereocenters. The Morgan fingerprint density at radius 2 is 2.00 bits per heavy atom. The lowest BCUT2D eigenvalue weighted by Gasteiger charge is -2.32. The zero-order valence-corrected chi connectivity index (χ0v) is 10.3. The van der Waals surface area contributed by atoms with Crippen LogP contribution >= 0.6 is 0 Å². The van der Waals surface area contributed by atoms with E-state index < -0.39 is 6.04 Å². The molecule has 0 amide bonds. The highest BCUT2D eigenvalue weighted by molar-refractivity contribution is 5.75. The van der Waals surface area contributed by atoms with Crippen LogP contribution in [-0.2, 0) is 9.53 Å². The first-order valence-corrected chi connectivity index (χ1v) is 5.96. The van der Waals surface area contributed by atoms with Crippen molar-refractivity contribution in [3.8, 4) is 0 Å². The normalized spacial score (nSPS) is 20.7. The Morgan fingerprint density at radius 3 is 2.56 bits per heavy atom. The number of carbonyl (C=O) groups is 1. The van der Waals surface area contributed by atoms with Crippen molar-refractivity contribution in [1.29, 1.82) is 0 Å². The first-order valence-electron chi connectivity index (χ1n) is 5.96. The summed E-state index contributed by atoms with van der Waals surface area (Å²) in [4.78, 5) is 15.9. The molecule has 0 aromatic carbocycles. The number of ether oxygens (including phenoxy) is 1. The van der Waals surface area contributed by atoms with Gasteiger partial charge < -0.3 is 20.3 Å². The molecule has 94 valence electrons. The number of hydrogen-bond donors (Lipinski definition) is 1. The molecule has 0 aromatic heterocycles. The Kier molecular flexibility index (Phi) is 5.73. The topological polar surface area (TPSA) is 58.8 Å². The van der Waals surface area contributed by atoms with Gasteiger partial charge in [-0.3, -0.25) is 4.79 Å². The maximum atomic E-state index is 11.3. The number of esters is 1. The molecule has 1 rings (SSSR count). The Morgan fingerprint density at radius 1 is 1.38 bits per heavy atom. The van der Waals surface area contributed by atoms with E-state index in [1.807, 2.05) is 0 Å². The van der Waals surface area contributed by atoms with Gasteiger partial charge in [0.15, 0.2) is 0 Å². The van der Waals surface area contributed by atoms with Crippen LogP contribution in [0.2, 0.25) is 0 Å². The molecule has 0 spiro atoms. The van der Waals surface area contributed by atoms with Crippen LogP contribution in [0.25, 0.3) is 0 Å². The van der Waals surface area contributed by atoms with E-state index in [4.69, 9.17) is 10.5 Å². The van der Waals surface area contributed by atoms with Crippen LogP contribution in [0.4, 0.5) is 0 Å². The van der Waals surface area contributed by atoms with Gasteiger partial charge in [0.25, 0.3) is 0 Å². The van der Waals surface area contributed by atoms with Crippen LogP contribution < -0.4 is 5.73 Å². The Hall–Kier alpha value is -0.650. The molecule has 1 aliphatic heterocycles. The maximum absolute atomic E-state index is 11.3. The van der Waals surface area contributed by atoms with E-state index in [0.717, 1.165) is 32.7 Å². The molecule has 0 radical (unpaired) electrons. The van der Waals surface area contributed by atoms with Crippen molar-refractivity contribution in [3.63, 3.8) is 0 Å². The summed E-state index contributed by atoms with van der Waals surface area (Å²) in [7, 11) is 2.13. The van der Waals surface area contributed by atoms with Crippen molar-refractivity contribution in [2.75, 3.05) is 46.4 Å². The summed E-state index contributed by atoms with van der Waals surface area (Å²) in [5.41, 5.74) is 5.74. The van der Waals surface area contributed by atoms with E-state index in [1.165, 1.54) is 0 Å². The Labute approximate surface area is 97.5 Å². The van der Waals surface area contributed by atoms with Gasteiger partial charge >= 0.3 is 5.97 Å². The quantitative estimate of drug-likeness (QED) is 0.645. The van der Waals surface area contributed by atoms with Crippen molar-refractivity contribution in [3.05, 3.63) is 0 Å². The van der Waals surface area contributed by atoms with Gasteiger partial charge in [0.1, 0.15) is 6.04 Å². The molecule has 1 saturated heterocycles. The first-order chi connectivity index (χ1) is 7.63. The minimum atomic E-state index is -0.473. The molecule has 5 heteroatoms. The highest BCUT2D eigenvalue weighted by Gasteiger charge is 2.18. The lowest BCUT2D eigenvalue weighted by atomic mass is 10.2. The van der Waals surface area contributed by atoms with E-state index in [2.05, 4.69) is 16.8 Å². The molecule has 0 aliphatic carbocycles. The molecule has 1 aliphatic rings. The second kappa shape index (κ2) is 6.83. The SMILES string of the molecule is CCOC(=O)C(N)CCN1CCN(C)CC1. The number of piperazine rings is 1. The van der Waals surface area contributed by atoms with Crippen LogP contribution in [0.5, 0.6) is 0 Å². The molecule has 16 heavy (non-hydrogen) atoms. The maximum Gasteiger partial charge on any atom is 0.322 e. The summed E-state index contributed by atoms with van der Waals surface area (Å²) in [6.45, 7) is 7.39. The minimum absolute atomic E-state index is 0.281.